The Bertz CT molecular complexity index is 742. The van der Waals surface area contributed by atoms with Crippen LogP contribution < -0.4 is 15.4 Å². The van der Waals surface area contributed by atoms with Crippen molar-refractivity contribution in [2.75, 3.05) is 19.7 Å². The fourth-order valence-electron chi connectivity index (χ4n) is 2.21. The highest BCUT2D eigenvalue weighted by Crippen LogP contribution is 2.13. The topological polar surface area (TPSA) is 84.5 Å². The van der Waals surface area contributed by atoms with Crippen LogP contribution in [0.4, 0.5) is 0 Å². The number of nitrogens with one attached hydrogen (secondary N) is 2. The molecule has 0 heterocycles. The van der Waals surface area contributed by atoms with E-state index < -0.39 is 0 Å². The van der Waals surface area contributed by atoms with Gasteiger partial charge in [0.05, 0.1) is 0 Å². The molecule has 0 aliphatic heterocycles. The number of benzene rings is 2. The standard InChI is InChI=1S/C20H22N2O4/c1-2-18(23)15-8-10-17(11-9-15)26-14-19(24)21-12-13-22-20(25)16-6-4-3-5-7-16/h3-11H,2,12-14H2,1H3,(H,21,24)(H,22,25). The second-order valence-corrected chi connectivity index (χ2v) is 5.56. The largest absolute Gasteiger partial charge is 0.484 e. The Labute approximate surface area is 152 Å². The van der Waals surface area contributed by atoms with Gasteiger partial charge in [-0.25, -0.2) is 0 Å². The number of amides is 2. The lowest BCUT2D eigenvalue weighted by molar-refractivity contribution is -0.123. The van der Waals surface area contributed by atoms with E-state index in [1.54, 1.807) is 55.5 Å². The maximum Gasteiger partial charge on any atom is 0.258 e. The van der Waals surface area contributed by atoms with Crippen molar-refractivity contribution in [3.05, 3.63) is 65.7 Å². The van der Waals surface area contributed by atoms with Gasteiger partial charge in [0, 0.05) is 30.6 Å². The van der Waals surface area contributed by atoms with Crippen molar-refractivity contribution in [2.24, 2.45) is 0 Å². The number of hydrogen-bond donors (Lipinski definition) is 2. The molecular formula is C20H22N2O4. The van der Waals surface area contributed by atoms with Crippen molar-refractivity contribution >= 4 is 17.6 Å². The van der Waals surface area contributed by atoms with Crippen LogP contribution in [0.1, 0.15) is 34.1 Å². The highest BCUT2D eigenvalue weighted by molar-refractivity contribution is 5.96. The number of ether oxygens (including phenoxy) is 1. The molecule has 2 aromatic rings. The Balaban J connectivity index is 1.64. The number of hydrogen-bond acceptors (Lipinski definition) is 4. The third-order valence-electron chi connectivity index (χ3n) is 3.64. The van der Waals surface area contributed by atoms with Gasteiger partial charge in [0.1, 0.15) is 5.75 Å². The van der Waals surface area contributed by atoms with Crippen molar-refractivity contribution in [2.45, 2.75) is 13.3 Å². The fraction of sp³-hybridized carbons (Fsp3) is 0.250. The van der Waals surface area contributed by atoms with E-state index in [4.69, 9.17) is 4.74 Å². The molecular weight excluding hydrogens is 332 g/mol. The number of rotatable bonds is 9. The molecule has 0 aliphatic rings. The monoisotopic (exact) mass is 354 g/mol. The molecule has 0 radical (unpaired) electrons. The smallest absolute Gasteiger partial charge is 0.258 e. The molecule has 0 aliphatic carbocycles. The Hall–Kier alpha value is -3.15. The SMILES string of the molecule is CCC(=O)c1ccc(OCC(=O)NCCNC(=O)c2ccccc2)cc1. The molecule has 26 heavy (non-hydrogen) atoms. The van der Waals surface area contributed by atoms with Crippen molar-refractivity contribution in [3.63, 3.8) is 0 Å². The first kappa shape index (κ1) is 19.2. The van der Waals surface area contributed by atoms with Gasteiger partial charge in [0.15, 0.2) is 12.4 Å². The van der Waals surface area contributed by atoms with Gasteiger partial charge in [-0.3, -0.25) is 14.4 Å². The van der Waals surface area contributed by atoms with E-state index in [1.165, 1.54) is 0 Å². The van der Waals surface area contributed by atoms with Crippen LogP contribution in [0.15, 0.2) is 54.6 Å². The summed E-state index contributed by atoms with van der Waals surface area (Å²) >= 11 is 0. The third kappa shape index (κ3) is 6.05. The van der Waals surface area contributed by atoms with Gasteiger partial charge in [-0.05, 0) is 36.4 Å². The predicted octanol–water partition coefficient (Wildman–Crippen LogP) is 2.20. The van der Waals surface area contributed by atoms with Crippen LogP contribution >= 0.6 is 0 Å². The second-order valence-electron chi connectivity index (χ2n) is 5.56. The summed E-state index contributed by atoms with van der Waals surface area (Å²) in [7, 11) is 0. The van der Waals surface area contributed by atoms with E-state index in [0.29, 0.717) is 36.4 Å². The number of carbonyl (C=O) groups is 3. The molecule has 2 N–H and O–H groups in total. The summed E-state index contributed by atoms with van der Waals surface area (Å²) in [5, 5.41) is 5.39. The maximum atomic E-state index is 11.8. The minimum atomic E-state index is -0.285. The fourth-order valence-corrected chi connectivity index (χ4v) is 2.21. The molecule has 6 heteroatoms. The van der Waals surface area contributed by atoms with Crippen molar-refractivity contribution < 1.29 is 19.1 Å². The third-order valence-corrected chi connectivity index (χ3v) is 3.64. The van der Waals surface area contributed by atoms with Gasteiger partial charge in [-0.15, -0.1) is 0 Å². The molecule has 0 saturated carbocycles. The number of Topliss-reactive ketones (excluding diaryl/α,β-unsaturated/α-hetero) is 1. The molecule has 2 amide bonds. The van der Waals surface area contributed by atoms with Crippen LogP contribution in [-0.4, -0.2) is 37.3 Å². The number of carbonyl (C=O) groups excluding carboxylic acids is 3. The maximum absolute atomic E-state index is 11.8. The highest BCUT2D eigenvalue weighted by Gasteiger charge is 2.06. The van der Waals surface area contributed by atoms with E-state index >= 15 is 0 Å². The Morgan fingerprint density at radius 1 is 0.846 bits per heavy atom. The number of ketones is 1. The molecule has 0 aromatic heterocycles. The first-order valence-corrected chi connectivity index (χ1v) is 8.46. The molecule has 0 fully saturated rings. The zero-order chi connectivity index (χ0) is 18.8. The van der Waals surface area contributed by atoms with Gasteiger partial charge in [0.25, 0.3) is 11.8 Å². The van der Waals surface area contributed by atoms with E-state index in [-0.39, 0.29) is 24.2 Å². The van der Waals surface area contributed by atoms with Crippen molar-refractivity contribution in [1.29, 1.82) is 0 Å². The van der Waals surface area contributed by atoms with Crippen LogP contribution in [0.25, 0.3) is 0 Å². The van der Waals surface area contributed by atoms with Crippen LogP contribution in [0.3, 0.4) is 0 Å². The molecule has 0 bridgehead atoms. The summed E-state index contributed by atoms with van der Waals surface area (Å²) in [5.74, 6) is 0.113. The van der Waals surface area contributed by atoms with Crippen LogP contribution in [0.2, 0.25) is 0 Å². The van der Waals surface area contributed by atoms with Crippen molar-refractivity contribution in [1.82, 2.24) is 10.6 Å². The van der Waals surface area contributed by atoms with Gasteiger partial charge < -0.3 is 15.4 Å². The van der Waals surface area contributed by atoms with Gasteiger partial charge in [-0.2, -0.15) is 0 Å². The quantitative estimate of drug-likeness (QED) is 0.534. The lowest BCUT2D eigenvalue weighted by atomic mass is 10.1. The predicted molar refractivity (Wildman–Crippen MR) is 98.3 cm³/mol. The lowest BCUT2D eigenvalue weighted by Gasteiger charge is -2.09. The van der Waals surface area contributed by atoms with Gasteiger partial charge >= 0.3 is 0 Å². The molecule has 0 unspecified atom stereocenters. The summed E-state index contributed by atoms with van der Waals surface area (Å²) in [6.07, 6.45) is 0.448. The lowest BCUT2D eigenvalue weighted by Crippen LogP contribution is -2.36. The summed E-state index contributed by atoms with van der Waals surface area (Å²) < 4.78 is 5.37. The highest BCUT2D eigenvalue weighted by atomic mass is 16.5. The average molecular weight is 354 g/mol. The average Bonchev–Trinajstić information content (AvgIpc) is 2.70. The minimum Gasteiger partial charge on any atom is -0.484 e. The molecule has 0 spiro atoms. The summed E-state index contributed by atoms with van der Waals surface area (Å²) in [5.41, 5.74) is 1.20. The Kier molecular flexibility index (Phi) is 7.36. The minimum absolute atomic E-state index is 0.0619. The molecule has 6 nitrogen and oxygen atoms in total. The van der Waals surface area contributed by atoms with E-state index in [1.807, 2.05) is 6.07 Å². The van der Waals surface area contributed by atoms with Crippen LogP contribution in [0.5, 0.6) is 5.75 Å². The zero-order valence-electron chi connectivity index (χ0n) is 14.7. The second kappa shape index (κ2) is 9.98. The molecule has 0 saturated heterocycles. The Morgan fingerprint density at radius 2 is 1.50 bits per heavy atom. The zero-order valence-corrected chi connectivity index (χ0v) is 14.7. The van der Waals surface area contributed by atoms with Gasteiger partial charge in [0.2, 0.25) is 0 Å². The summed E-state index contributed by atoms with van der Waals surface area (Å²) in [6, 6.07) is 15.6. The van der Waals surface area contributed by atoms with Crippen LogP contribution in [0, 0.1) is 0 Å². The normalized spacial score (nSPS) is 10.0. The molecule has 2 rings (SSSR count). The Morgan fingerprint density at radius 3 is 2.15 bits per heavy atom. The summed E-state index contributed by atoms with van der Waals surface area (Å²) in [4.78, 5) is 35.1. The van der Waals surface area contributed by atoms with Gasteiger partial charge in [-0.1, -0.05) is 25.1 Å². The summed E-state index contributed by atoms with van der Waals surface area (Å²) in [6.45, 7) is 2.31. The first-order chi connectivity index (χ1) is 12.6. The van der Waals surface area contributed by atoms with E-state index in [9.17, 15) is 14.4 Å². The van der Waals surface area contributed by atoms with Crippen LogP contribution in [-0.2, 0) is 4.79 Å². The van der Waals surface area contributed by atoms with E-state index in [2.05, 4.69) is 10.6 Å². The van der Waals surface area contributed by atoms with Crippen molar-refractivity contribution in [3.8, 4) is 5.75 Å². The van der Waals surface area contributed by atoms with E-state index in [0.717, 1.165) is 0 Å². The molecule has 136 valence electrons. The molecule has 2 aromatic carbocycles. The first-order valence-electron chi connectivity index (χ1n) is 8.46. The molecule has 0 atom stereocenters.